The van der Waals surface area contributed by atoms with Crippen LogP contribution < -0.4 is 4.74 Å². The van der Waals surface area contributed by atoms with Crippen LogP contribution in [0.25, 0.3) is 11.3 Å². The number of H-pyrrole nitrogens is 1. The molecule has 1 aliphatic heterocycles. The summed E-state index contributed by atoms with van der Waals surface area (Å²) in [5.41, 5.74) is 5.32. The molecule has 33 heavy (non-hydrogen) atoms. The molecule has 1 amide bonds. The number of ether oxygens (including phenoxy) is 1. The van der Waals surface area contributed by atoms with Crippen LogP contribution in [0.3, 0.4) is 0 Å². The number of fused-ring (bicyclic) bond motifs is 1. The summed E-state index contributed by atoms with van der Waals surface area (Å²) in [6, 6.07) is 21.7. The van der Waals surface area contributed by atoms with E-state index in [1.807, 2.05) is 59.5 Å². The van der Waals surface area contributed by atoms with Crippen LogP contribution in [-0.4, -0.2) is 32.6 Å². The summed E-state index contributed by atoms with van der Waals surface area (Å²) >= 11 is 0. The summed E-state index contributed by atoms with van der Waals surface area (Å²) in [6.45, 7) is 3.33. The van der Waals surface area contributed by atoms with Crippen molar-refractivity contribution in [1.29, 1.82) is 0 Å². The number of carbonyl (C=O) groups is 1. The lowest BCUT2D eigenvalue weighted by Gasteiger charge is -2.26. The van der Waals surface area contributed by atoms with Crippen molar-refractivity contribution in [3.63, 3.8) is 0 Å². The molecule has 2 aromatic carbocycles. The van der Waals surface area contributed by atoms with Crippen LogP contribution in [0.5, 0.6) is 5.75 Å². The molecule has 166 valence electrons. The number of hydrogen-bond acceptors (Lipinski definition) is 4. The lowest BCUT2D eigenvalue weighted by molar-refractivity contribution is 0.0730. The van der Waals surface area contributed by atoms with Crippen LogP contribution >= 0.6 is 0 Å². The fourth-order valence-electron chi connectivity index (χ4n) is 4.29. The molecule has 2 aromatic heterocycles. The van der Waals surface area contributed by atoms with Gasteiger partial charge in [-0.25, -0.2) is 0 Å². The fraction of sp³-hybridized carbons (Fsp3) is 0.222. The Morgan fingerprint density at radius 2 is 1.76 bits per heavy atom. The van der Waals surface area contributed by atoms with E-state index in [-0.39, 0.29) is 11.9 Å². The van der Waals surface area contributed by atoms with Gasteiger partial charge in [-0.15, -0.1) is 0 Å². The third-order valence-electron chi connectivity index (χ3n) is 5.98. The van der Waals surface area contributed by atoms with Gasteiger partial charge in [0, 0.05) is 30.1 Å². The van der Waals surface area contributed by atoms with Gasteiger partial charge in [0.05, 0.1) is 18.3 Å². The highest BCUT2D eigenvalue weighted by Gasteiger charge is 2.42. The number of hydrogen-bond donors (Lipinski definition) is 1. The van der Waals surface area contributed by atoms with Crippen molar-refractivity contribution in [2.24, 2.45) is 0 Å². The predicted molar refractivity (Wildman–Crippen MR) is 127 cm³/mol. The predicted octanol–water partition coefficient (Wildman–Crippen LogP) is 5.40. The minimum absolute atomic E-state index is 0.0511. The van der Waals surface area contributed by atoms with Gasteiger partial charge >= 0.3 is 0 Å². The van der Waals surface area contributed by atoms with Crippen molar-refractivity contribution in [1.82, 2.24) is 20.1 Å². The smallest absolute Gasteiger partial charge is 0.273 e. The van der Waals surface area contributed by atoms with E-state index < -0.39 is 0 Å². The third-order valence-corrected chi connectivity index (χ3v) is 5.98. The Bertz CT molecular complexity index is 1220. The Labute approximate surface area is 193 Å². The molecular weight excluding hydrogens is 412 g/mol. The normalized spacial score (nSPS) is 15.0. The number of nitrogens with zero attached hydrogens (tertiary/aromatic N) is 3. The van der Waals surface area contributed by atoms with E-state index in [0.717, 1.165) is 46.5 Å². The number of pyridine rings is 1. The first-order valence-electron chi connectivity index (χ1n) is 11.3. The molecule has 0 bridgehead atoms. The van der Waals surface area contributed by atoms with E-state index in [0.29, 0.717) is 18.8 Å². The van der Waals surface area contributed by atoms with Crippen LogP contribution in [0, 0.1) is 0 Å². The van der Waals surface area contributed by atoms with Crippen molar-refractivity contribution in [2.45, 2.75) is 32.4 Å². The van der Waals surface area contributed by atoms with E-state index >= 15 is 0 Å². The largest absolute Gasteiger partial charge is 0.494 e. The van der Waals surface area contributed by atoms with Crippen molar-refractivity contribution >= 4 is 5.91 Å². The summed E-state index contributed by atoms with van der Waals surface area (Å²) in [6.07, 6.45) is 5.63. The zero-order chi connectivity index (χ0) is 22.6. The Balaban J connectivity index is 1.55. The van der Waals surface area contributed by atoms with Gasteiger partial charge in [-0.2, -0.15) is 5.10 Å². The van der Waals surface area contributed by atoms with Gasteiger partial charge < -0.3 is 9.64 Å². The minimum Gasteiger partial charge on any atom is -0.494 e. The summed E-state index contributed by atoms with van der Waals surface area (Å²) in [7, 11) is 0. The van der Waals surface area contributed by atoms with Gasteiger partial charge in [0.25, 0.3) is 5.91 Å². The maximum absolute atomic E-state index is 13.5. The molecule has 0 radical (unpaired) electrons. The molecule has 0 saturated heterocycles. The van der Waals surface area contributed by atoms with Crippen LogP contribution in [0.4, 0.5) is 0 Å². The summed E-state index contributed by atoms with van der Waals surface area (Å²) < 4.78 is 5.85. The molecule has 6 heteroatoms. The van der Waals surface area contributed by atoms with E-state index in [1.165, 1.54) is 0 Å². The summed E-state index contributed by atoms with van der Waals surface area (Å²) in [5, 5.41) is 7.55. The molecule has 1 unspecified atom stereocenters. The molecule has 1 N–H and O–H groups in total. The Morgan fingerprint density at radius 3 is 2.48 bits per heavy atom. The van der Waals surface area contributed by atoms with Crippen molar-refractivity contribution < 1.29 is 9.53 Å². The number of amides is 1. The zero-order valence-corrected chi connectivity index (χ0v) is 18.6. The van der Waals surface area contributed by atoms with Crippen molar-refractivity contribution in [3.8, 4) is 17.0 Å². The number of unbranched alkanes of at least 4 members (excludes halogenated alkanes) is 1. The molecule has 1 aliphatic rings. The lowest BCUT2D eigenvalue weighted by Crippen LogP contribution is -2.29. The molecule has 1 atom stereocenters. The van der Waals surface area contributed by atoms with Gasteiger partial charge in [-0.3, -0.25) is 14.9 Å². The number of carbonyl (C=O) groups excluding carboxylic acids is 1. The maximum Gasteiger partial charge on any atom is 0.273 e. The molecular formula is C27H26N4O2. The number of aromatic amines is 1. The number of nitrogens with one attached hydrogen (secondary N) is 1. The van der Waals surface area contributed by atoms with Crippen LogP contribution in [0.15, 0.2) is 79.1 Å². The monoisotopic (exact) mass is 438 g/mol. The quantitative estimate of drug-likeness (QED) is 0.374. The Hall–Kier alpha value is -3.93. The van der Waals surface area contributed by atoms with Crippen LogP contribution in [-0.2, 0) is 6.54 Å². The average Bonchev–Trinajstić information content (AvgIpc) is 3.40. The first-order valence-corrected chi connectivity index (χ1v) is 11.3. The summed E-state index contributed by atoms with van der Waals surface area (Å²) in [4.78, 5) is 19.5. The number of rotatable bonds is 8. The second-order valence-electron chi connectivity index (χ2n) is 8.19. The molecule has 0 spiro atoms. The van der Waals surface area contributed by atoms with E-state index in [2.05, 4.69) is 34.2 Å². The highest BCUT2D eigenvalue weighted by atomic mass is 16.5. The highest BCUT2D eigenvalue weighted by molar-refractivity contribution is 6.00. The average molecular weight is 439 g/mol. The van der Waals surface area contributed by atoms with E-state index in [4.69, 9.17) is 4.74 Å². The molecule has 3 heterocycles. The van der Waals surface area contributed by atoms with E-state index in [1.54, 1.807) is 12.4 Å². The van der Waals surface area contributed by atoms with E-state index in [9.17, 15) is 4.79 Å². The zero-order valence-electron chi connectivity index (χ0n) is 18.6. The number of aromatic nitrogens is 3. The summed E-state index contributed by atoms with van der Waals surface area (Å²) in [5.74, 6) is 0.790. The van der Waals surface area contributed by atoms with Gasteiger partial charge in [-0.05, 0) is 41.8 Å². The van der Waals surface area contributed by atoms with Crippen molar-refractivity contribution in [3.05, 3.63) is 102 Å². The molecule has 0 fully saturated rings. The lowest BCUT2D eigenvalue weighted by atomic mass is 9.96. The van der Waals surface area contributed by atoms with Crippen LogP contribution in [0.2, 0.25) is 0 Å². The maximum atomic E-state index is 13.5. The standard InChI is InChI=1S/C27H26N4O2/c1-2-3-17-33-22-11-9-21(10-12-22)26-23-24(20-7-5-4-6-8-20)29-30-25(23)27(32)31(26)18-19-13-15-28-16-14-19/h4-16,26H,2-3,17-18H2,1H3,(H,29,30). The van der Waals surface area contributed by atoms with Crippen molar-refractivity contribution in [2.75, 3.05) is 6.61 Å². The SMILES string of the molecule is CCCCOc1ccc(C2c3c(-c4ccccc4)n[nH]c3C(=O)N2Cc2ccncc2)cc1. The highest BCUT2D eigenvalue weighted by Crippen LogP contribution is 2.43. The molecule has 4 aromatic rings. The topological polar surface area (TPSA) is 71.1 Å². The minimum atomic E-state index is -0.251. The molecule has 0 aliphatic carbocycles. The fourth-order valence-corrected chi connectivity index (χ4v) is 4.29. The van der Waals surface area contributed by atoms with Gasteiger partial charge in [0.2, 0.25) is 0 Å². The Morgan fingerprint density at radius 1 is 1.00 bits per heavy atom. The number of benzene rings is 2. The second-order valence-corrected chi connectivity index (χ2v) is 8.19. The third kappa shape index (κ3) is 4.12. The Kier molecular flexibility index (Phi) is 5.89. The molecule has 6 nitrogen and oxygen atoms in total. The van der Waals surface area contributed by atoms with Gasteiger partial charge in [-0.1, -0.05) is 55.8 Å². The van der Waals surface area contributed by atoms with Crippen LogP contribution in [0.1, 0.15) is 53.0 Å². The van der Waals surface area contributed by atoms with Gasteiger partial charge in [0.15, 0.2) is 0 Å². The van der Waals surface area contributed by atoms with Gasteiger partial charge in [0.1, 0.15) is 11.4 Å². The molecule has 0 saturated carbocycles. The second kappa shape index (κ2) is 9.28. The first-order chi connectivity index (χ1) is 16.3. The molecule has 5 rings (SSSR count). The first kappa shape index (κ1) is 20.9.